The van der Waals surface area contributed by atoms with Gasteiger partial charge in [-0.1, -0.05) is 48.7 Å². The van der Waals surface area contributed by atoms with E-state index in [1.165, 1.54) is 4.90 Å². The van der Waals surface area contributed by atoms with Gasteiger partial charge in [-0.2, -0.15) is 0 Å². The van der Waals surface area contributed by atoms with Gasteiger partial charge in [-0.3, -0.25) is 19.2 Å². The molecule has 0 saturated carbocycles. The number of allylic oxidation sites excluding steroid dienone is 1. The van der Waals surface area contributed by atoms with Gasteiger partial charge in [-0.15, -0.1) is 13.2 Å². The summed E-state index contributed by atoms with van der Waals surface area (Å²) >= 11 is 6.52. The number of ether oxygens (including phenoxy) is 2. The standard InChI is InChI=1S/C33H44ClN3O7/c1-4-6-15-26(39)35-21-22(3)43-32(42)27-25-16-17-33(44-25)28(27)30(40)37(19-11-7-8-12-20-38)29(33)31(41)36(18-5-2)24-14-10-9-13-23(24)34/h4-5,9-10,13-14,22,25,27-29,38H,1-2,6-8,11-12,15-21H2,3H3,(H,35,39)/t22-,25-,27+,28+,29-,33+/m0/s1. The van der Waals surface area contributed by atoms with Crippen molar-refractivity contribution in [2.45, 2.75) is 82.1 Å². The Morgan fingerprint density at radius 2 is 1.98 bits per heavy atom. The fraction of sp³-hybridized carbons (Fsp3) is 0.576. The van der Waals surface area contributed by atoms with E-state index in [-0.39, 0.29) is 37.4 Å². The molecular formula is C33H44ClN3O7. The molecule has 3 heterocycles. The molecule has 6 atom stereocenters. The number of fused-ring (bicyclic) bond motifs is 1. The van der Waals surface area contributed by atoms with Gasteiger partial charge < -0.3 is 29.7 Å². The van der Waals surface area contributed by atoms with E-state index < -0.39 is 41.7 Å². The van der Waals surface area contributed by atoms with E-state index in [0.717, 1.165) is 12.8 Å². The molecule has 3 fully saturated rings. The number of benzene rings is 1. The van der Waals surface area contributed by atoms with Crippen LogP contribution in [0.3, 0.4) is 0 Å². The van der Waals surface area contributed by atoms with E-state index in [9.17, 15) is 24.3 Å². The van der Waals surface area contributed by atoms with Gasteiger partial charge in [0.25, 0.3) is 5.91 Å². The predicted molar refractivity (Wildman–Crippen MR) is 167 cm³/mol. The molecule has 0 radical (unpaired) electrons. The summed E-state index contributed by atoms with van der Waals surface area (Å²) in [7, 11) is 0. The molecular weight excluding hydrogens is 586 g/mol. The Bertz CT molecular complexity index is 1240. The first-order chi connectivity index (χ1) is 21.2. The van der Waals surface area contributed by atoms with Gasteiger partial charge >= 0.3 is 5.97 Å². The van der Waals surface area contributed by atoms with Gasteiger partial charge in [0.15, 0.2) is 0 Å². The number of aliphatic hydroxyl groups is 1. The van der Waals surface area contributed by atoms with Crippen LogP contribution in [0.2, 0.25) is 5.02 Å². The molecule has 10 nitrogen and oxygen atoms in total. The van der Waals surface area contributed by atoms with E-state index >= 15 is 0 Å². The first-order valence-electron chi connectivity index (χ1n) is 15.5. The molecule has 240 valence electrons. The van der Waals surface area contributed by atoms with Crippen molar-refractivity contribution in [3.8, 4) is 0 Å². The number of nitrogens with zero attached hydrogens (tertiary/aromatic N) is 2. The lowest BCUT2D eigenvalue weighted by Gasteiger charge is -2.37. The summed E-state index contributed by atoms with van der Waals surface area (Å²) in [6.07, 6.45) is 6.76. The Balaban J connectivity index is 1.59. The van der Waals surface area contributed by atoms with Crippen LogP contribution in [0.1, 0.15) is 58.3 Å². The van der Waals surface area contributed by atoms with Crippen LogP contribution in [0.25, 0.3) is 0 Å². The Hall–Kier alpha value is -3.21. The second-order valence-electron chi connectivity index (χ2n) is 11.8. The van der Waals surface area contributed by atoms with Crippen molar-refractivity contribution >= 4 is 41.0 Å². The SMILES string of the molecule is C=CCCC(=O)NC[C@H](C)OC(=O)[C@@H]1[C@@H]2CC[C@]3(O2)[C@H](C(=O)N(CC=C)c2ccccc2Cl)N(CCCCCCO)C(=O)[C@@H]13. The third kappa shape index (κ3) is 6.87. The zero-order valence-corrected chi connectivity index (χ0v) is 26.2. The van der Waals surface area contributed by atoms with Crippen LogP contribution in [-0.4, -0.2) is 83.8 Å². The maximum Gasteiger partial charge on any atom is 0.312 e. The lowest BCUT2D eigenvalue weighted by molar-refractivity contribution is -0.159. The third-order valence-corrected chi connectivity index (χ3v) is 9.13. The van der Waals surface area contributed by atoms with E-state index in [0.29, 0.717) is 55.8 Å². The third-order valence-electron chi connectivity index (χ3n) is 8.81. The average molecular weight is 630 g/mol. The monoisotopic (exact) mass is 629 g/mol. The summed E-state index contributed by atoms with van der Waals surface area (Å²) in [5.74, 6) is -3.09. The molecule has 2 bridgehead atoms. The van der Waals surface area contributed by atoms with Crippen LogP contribution in [0.4, 0.5) is 5.69 Å². The van der Waals surface area contributed by atoms with E-state index in [1.54, 1.807) is 48.2 Å². The molecule has 0 aromatic heterocycles. The number of esters is 1. The summed E-state index contributed by atoms with van der Waals surface area (Å²) in [5.41, 5.74) is -0.682. The topological polar surface area (TPSA) is 125 Å². The minimum atomic E-state index is -1.18. The molecule has 44 heavy (non-hydrogen) atoms. The van der Waals surface area contributed by atoms with Gasteiger partial charge in [-0.25, -0.2) is 0 Å². The summed E-state index contributed by atoms with van der Waals surface area (Å²) in [6.45, 7) is 9.85. The second-order valence-corrected chi connectivity index (χ2v) is 12.2. The highest BCUT2D eigenvalue weighted by atomic mass is 35.5. The summed E-state index contributed by atoms with van der Waals surface area (Å²) < 4.78 is 12.3. The second kappa shape index (κ2) is 15.2. The molecule has 3 saturated heterocycles. The summed E-state index contributed by atoms with van der Waals surface area (Å²) in [6, 6.07) is 6.06. The number of hydrogen-bond acceptors (Lipinski definition) is 7. The molecule has 11 heteroatoms. The average Bonchev–Trinajstić information content (AvgIpc) is 3.65. The van der Waals surface area contributed by atoms with Crippen molar-refractivity contribution in [3.05, 3.63) is 54.6 Å². The Labute approximate surface area is 264 Å². The van der Waals surface area contributed by atoms with Crippen LogP contribution in [0.5, 0.6) is 0 Å². The molecule has 3 aliphatic rings. The first kappa shape index (κ1) is 33.7. The van der Waals surface area contributed by atoms with Crippen molar-refractivity contribution in [3.63, 3.8) is 0 Å². The molecule has 1 spiro atoms. The number of nitrogens with one attached hydrogen (secondary N) is 1. The highest BCUT2D eigenvalue weighted by Gasteiger charge is 2.75. The molecule has 0 unspecified atom stereocenters. The van der Waals surface area contributed by atoms with Gasteiger partial charge in [0.1, 0.15) is 17.7 Å². The number of para-hydroxylation sites is 1. The normalized spacial score (nSPS) is 25.8. The molecule has 4 rings (SSSR count). The molecule has 3 aliphatic heterocycles. The minimum Gasteiger partial charge on any atom is -0.460 e. The number of rotatable bonds is 17. The zero-order chi connectivity index (χ0) is 31.9. The number of carbonyl (C=O) groups excluding carboxylic acids is 4. The van der Waals surface area contributed by atoms with Crippen LogP contribution < -0.4 is 10.2 Å². The van der Waals surface area contributed by atoms with Crippen molar-refractivity contribution in [2.75, 3.05) is 31.1 Å². The number of unbranched alkanes of at least 4 members (excludes halogenated alkanes) is 3. The van der Waals surface area contributed by atoms with Crippen LogP contribution in [-0.2, 0) is 28.7 Å². The first-order valence-corrected chi connectivity index (χ1v) is 15.9. The predicted octanol–water partition coefficient (Wildman–Crippen LogP) is 3.80. The van der Waals surface area contributed by atoms with Crippen molar-refractivity contribution in [1.29, 1.82) is 0 Å². The number of anilines is 1. The van der Waals surface area contributed by atoms with Crippen LogP contribution in [0, 0.1) is 11.8 Å². The lowest BCUT2D eigenvalue weighted by atomic mass is 9.70. The Morgan fingerprint density at radius 1 is 1.23 bits per heavy atom. The van der Waals surface area contributed by atoms with Gasteiger partial charge in [0, 0.05) is 26.1 Å². The minimum absolute atomic E-state index is 0.0965. The molecule has 0 aliphatic carbocycles. The van der Waals surface area contributed by atoms with E-state index in [4.69, 9.17) is 21.1 Å². The Morgan fingerprint density at radius 3 is 2.68 bits per heavy atom. The van der Waals surface area contributed by atoms with Crippen LogP contribution in [0.15, 0.2) is 49.6 Å². The lowest BCUT2D eigenvalue weighted by Crippen LogP contribution is -2.56. The number of aliphatic hydroxyl groups excluding tert-OH is 1. The number of hydrogen-bond donors (Lipinski definition) is 2. The summed E-state index contributed by atoms with van der Waals surface area (Å²) in [4.78, 5) is 57.5. The highest BCUT2D eigenvalue weighted by Crippen LogP contribution is 2.59. The number of likely N-dealkylation sites (tertiary alicyclic amines) is 1. The quantitative estimate of drug-likeness (QED) is 0.153. The zero-order valence-electron chi connectivity index (χ0n) is 25.4. The van der Waals surface area contributed by atoms with E-state index in [2.05, 4.69) is 18.5 Å². The number of amides is 3. The molecule has 2 N–H and O–H groups in total. The van der Waals surface area contributed by atoms with Gasteiger partial charge in [0.2, 0.25) is 11.8 Å². The maximum atomic E-state index is 14.5. The molecule has 3 amide bonds. The summed E-state index contributed by atoms with van der Waals surface area (Å²) in [5, 5.41) is 12.3. The molecule has 1 aromatic carbocycles. The number of halogens is 1. The van der Waals surface area contributed by atoms with Crippen molar-refractivity contribution in [2.24, 2.45) is 11.8 Å². The fourth-order valence-electron chi connectivity index (χ4n) is 6.84. The fourth-order valence-corrected chi connectivity index (χ4v) is 7.08. The largest absolute Gasteiger partial charge is 0.460 e. The van der Waals surface area contributed by atoms with E-state index in [1.807, 2.05) is 0 Å². The highest BCUT2D eigenvalue weighted by molar-refractivity contribution is 6.34. The Kier molecular flexibility index (Phi) is 11.6. The maximum absolute atomic E-state index is 14.5. The van der Waals surface area contributed by atoms with Crippen LogP contribution >= 0.6 is 11.6 Å². The van der Waals surface area contributed by atoms with Gasteiger partial charge in [0.05, 0.1) is 35.2 Å². The smallest absolute Gasteiger partial charge is 0.312 e. The number of carbonyl (C=O) groups is 4. The van der Waals surface area contributed by atoms with Crippen molar-refractivity contribution in [1.82, 2.24) is 10.2 Å². The molecule has 1 aromatic rings. The van der Waals surface area contributed by atoms with Gasteiger partial charge in [-0.05, 0) is 51.2 Å². The van der Waals surface area contributed by atoms with Crippen molar-refractivity contribution < 1.29 is 33.8 Å².